The van der Waals surface area contributed by atoms with Crippen LogP contribution in [-0.2, 0) is 19.2 Å². The van der Waals surface area contributed by atoms with Crippen LogP contribution in [0.2, 0.25) is 0 Å². The molecule has 1 fully saturated rings. The normalized spacial score (nSPS) is 21.9. The number of nitrogens with zero attached hydrogens (tertiary/aromatic N) is 2. The number of benzene rings is 1. The summed E-state index contributed by atoms with van der Waals surface area (Å²) in [6, 6.07) is 3.62. The highest BCUT2D eigenvalue weighted by Crippen LogP contribution is 2.40. The average Bonchev–Trinajstić information content (AvgIpc) is 3.08. The van der Waals surface area contributed by atoms with Gasteiger partial charge in [-0.1, -0.05) is 12.1 Å². The van der Waals surface area contributed by atoms with Gasteiger partial charge in [0, 0.05) is 12.2 Å². The van der Waals surface area contributed by atoms with Gasteiger partial charge in [-0.2, -0.15) is 0 Å². The predicted molar refractivity (Wildman–Crippen MR) is 119 cm³/mol. The van der Waals surface area contributed by atoms with E-state index in [1.54, 1.807) is 12.1 Å². The molecule has 0 bridgehead atoms. The van der Waals surface area contributed by atoms with Gasteiger partial charge < -0.3 is 20.6 Å². The van der Waals surface area contributed by atoms with Crippen LogP contribution in [0.5, 0.6) is 0 Å². The van der Waals surface area contributed by atoms with Gasteiger partial charge in [0.05, 0.1) is 17.7 Å². The Morgan fingerprint density at radius 3 is 2.26 bits per heavy atom. The Labute approximate surface area is 202 Å². The minimum atomic E-state index is -1.45. The number of rotatable bonds is 9. The zero-order chi connectivity index (χ0) is 25.4. The molecule has 4 N–H and O–H groups in total. The Balaban J connectivity index is 1.34. The Hall–Kier alpha value is -3.71. The SMILES string of the molecule is O=C(CCCC(C(=O)O)N1C(=O)c2ccccc2C1=O)NC1C(=O)N2C(C(=O)O)=C(CO)CS[C@@H]12. The summed E-state index contributed by atoms with van der Waals surface area (Å²) in [5.74, 6) is -5.11. The van der Waals surface area contributed by atoms with E-state index in [-0.39, 0.29) is 47.4 Å². The molecule has 1 saturated heterocycles. The van der Waals surface area contributed by atoms with Crippen molar-refractivity contribution < 1.29 is 44.1 Å². The molecule has 0 aromatic heterocycles. The fraction of sp³-hybridized carbons (Fsp3) is 0.364. The van der Waals surface area contributed by atoms with Crippen molar-refractivity contribution in [1.82, 2.24) is 15.1 Å². The molecule has 0 spiro atoms. The zero-order valence-corrected chi connectivity index (χ0v) is 19.0. The molecule has 3 heterocycles. The molecule has 4 amide bonds. The van der Waals surface area contributed by atoms with E-state index < -0.39 is 59.6 Å². The third-order valence-electron chi connectivity index (χ3n) is 6.06. The molecule has 3 atom stereocenters. The molecule has 1 aromatic carbocycles. The van der Waals surface area contributed by atoms with Gasteiger partial charge in [-0.15, -0.1) is 11.8 Å². The highest BCUT2D eigenvalue weighted by molar-refractivity contribution is 8.00. The van der Waals surface area contributed by atoms with Crippen LogP contribution < -0.4 is 5.32 Å². The molecule has 4 rings (SSSR count). The van der Waals surface area contributed by atoms with Crippen LogP contribution in [-0.4, -0.2) is 90.5 Å². The standard InChI is InChI=1S/C22H21N3O9S/c26-8-10-9-35-20-15(19(30)25(20)16(10)22(33)34)23-14(27)7-3-6-13(21(31)32)24-17(28)11-4-1-2-5-12(11)18(24)29/h1-2,4-5,13,15,20,26H,3,6-9H2,(H,23,27)(H,31,32)(H,33,34)/t13?,15?,20-/m0/s1. The van der Waals surface area contributed by atoms with Gasteiger partial charge >= 0.3 is 11.9 Å². The van der Waals surface area contributed by atoms with E-state index >= 15 is 0 Å². The number of carbonyl (C=O) groups is 6. The van der Waals surface area contributed by atoms with Crippen molar-refractivity contribution in [2.45, 2.75) is 36.7 Å². The molecule has 2 unspecified atom stereocenters. The lowest BCUT2D eigenvalue weighted by molar-refractivity contribution is -0.150. The summed E-state index contributed by atoms with van der Waals surface area (Å²) in [5.41, 5.74) is 0.180. The van der Waals surface area contributed by atoms with Crippen molar-refractivity contribution in [2.75, 3.05) is 12.4 Å². The van der Waals surface area contributed by atoms with Crippen molar-refractivity contribution in [2.24, 2.45) is 0 Å². The number of aliphatic hydroxyl groups is 1. The second-order valence-corrected chi connectivity index (χ2v) is 9.25. The molecule has 3 aliphatic heterocycles. The minimum absolute atomic E-state index is 0.0214. The first kappa shape index (κ1) is 24.4. The first-order valence-corrected chi connectivity index (χ1v) is 11.7. The number of nitrogens with one attached hydrogen (secondary N) is 1. The van der Waals surface area contributed by atoms with Gasteiger partial charge in [0.25, 0.3) is 17.7 Å². The van der Waals surface area contributed by atoms with Crippen LogP contribution in [0.1, 0.15) is 40.0 Å². The number of aliphatic hydroxyl groups excluding tert-OH is 1. The zero-order valence-electron chi connectivity index (χ0n) is 18.2. The highest BCUT2D eigenvalue weighted by Gasteiger charge is 2.54. The summed E-state index contributed by atoms with van der Waals surface area (Å²) in [6.07, 6.45) is -0.311. The lowest BCUT2D eigenvalue weighted by atomic mass is 10.0. The van der Waals surface area contributed by atoms with Crippen molar-refractivity contribution in [3.8, 4) is 0 Å². The second-order valence-electron chi connectivity index (χ2n) is 8.14. The van der Waals surface area contributed by atoms with Crippen molar-refractivity contribution in [3.05, 3.63) is 46.7 Å². The maximum atomic E-state index is 12.6. The number of imide groups is 1. The molecule has 184 valence electrons. The first-order chi connectivity index (χ1) is 16.7. The van der Waals surface area contributed by atoms with E-state index in [1.165, 1.54) is 23.9 Å². The Kier molecular flexibility index (Phi) is 6.63. The van der Waals surface area contributed by atoms with Gasteiger partial charge in [-0.05, 0) is 30.5 Å². The van der Waals surface area contributed by atoms with Gasteiger partial charge in [-0.25, -0.2) is 9.59 Å². The van der Waals surface area contributed by atoms with Gasteiger partial charge in [0.1, 0.15) is 23.2 Å². The number of hydrogen-bond donors (Lipinski definition) is 4. The molecular formula is C22H21N3O9S. The van der Waals surface area contributed by atoms with E-state index in [1.807, 2.05) is 0 Å². The number of aliphatic carboxylic acids is 2. The Morgan fingerprint density at radius 1 is 1.09 bits per heavy atom. The molecule has 3 aliphatic rings. The lowest BCUT2D eigenvalue weighted by Crippen LogP contribution is -2.70. The summed E-state index contributed by atoms with van der Waals surface area (Å²) >= 11 is 1.21. The molecular weight excluding hydrogens is 482 g/mol. The highest BCUT2D eigenvalue weighted by atomic mass is 32.2. The molecule has 12 nitrogen and oxygen atoms in total. The van der Waals surface area contributed by atoms with Crippen LogP contribution in [0.3, 0.4) is 0 Å². The fourth-order valence-electron chi connectivity index (χ4n) is 4.36. The van der Waals surface area contributed by atoms with E-state index in [0.717, 1.165) is 4.90 Å². The van der Waals surface area contributed by atoms with Crippen LogP contribution in [0.4, 0.5) is 0 Å². The van der Waals surface area contributed by atoms with Crippen molar-refractivity contribution in [3.63, 3.8) is 0 Å². The molecule has 1 aromatic rings. The van der Waals surface area contributed by atoms with Gasteiger partial charge in [0.15, 0.2) is 0 Å². The molecule has 35 heavy (non-hydrogen) atoms. The quantitative estimate of drug-likeness (QED) is 0.256. The van der Waals surface area contributed by atoms with Crippen molar-refractivity contribution in [1.29, 1.82) is 0 Å². The van der Waals surface area contributed by atoms with Crippen LogP contribution in [0.15, 0.2) is 35.5 Å². The number of carboxylic acid groups (broad SMARTS) is 2. The maximum absolute atomic E-state index is 12.6. The monoisotopic (exact) mass is 503 g/mol. The molecule has 13 heteroatoms. The third kappa shape index (κ3) is 4.17. The molecule has 0 aliphatic carbocycles. The van der Waals surface area contributed by atoms with Gasteiger partial charge in [0.2, 0.25) is 5.91 Å². The van der Waals surface area contributed by atoms with Crippen LogP contribution in [0.25, 0.3) is 0 Å². The van der Waals surface area contributed by atoms with E-state index in [4.69, 9.17) is 0 Å². The van der Waals surface area contributed by atoms with Crippen molar-refractivity contribution >= 4 is 47.3 Å². The van der Waals surface area contributed by atoms with Gasteiger partial charge in [-0.3, -0.25) is 29.0 Å². The predicted octanol–water partition coefficient (Wildman–Crippen LogP) is -0.363. The molecule has 0 radical (unpaired) electrons. The smallest absolute Gasteiger partial charge is 0.352 e. The number of β-lactam (4-membered cyclic amide) rings is 1. The van der Waals surface area contributed by atoms with Crippen LogP contribution >= 0.6 is 11.8 Å². The number of carbonyl (C=O) groups excluding carboxylic acids is 4. The number of thioether (sulfide) groups is 1. The summed E-state index contributed by atoms with van der Waals surface area (Å²) in [6.45, 7) is -0.500. The summed E-state index contributed by atoms with van der Waals surface area (Å²) in [5, 5.41) is 30.3. The number of carboxylic acids is 2. The van der Waals surface area contributed by atoms with E-state index in [2.05, 4.69) is 5.32 Å². The average molecular weight is 503 g/mol. The number of fused-ring (bicyclic) bond motifs is 2. The third-order valence-corrected chi connectivity index (χ3v) is 7.40. The van der Waals surface area contributed by atoms with E-state index in [0.29, 0.717) is 4.90 Å². The Morgan fingerprint density at radius 2 is 1.71 bits per heavy atom. The second kappa shape index (κ2) is 9.50. The topological polar surface area (TPSA) is 182 Å². The Bertz CT molecular complexity index is 1150. The largest absolute Gasteiger partial charge is 0.480 e. The number of amides is 4. The minimum Gasteiger partial charge on any atom is -0.480 e. The fourth-order valence-corrected chi connectivity index (χ4v) is 5.70. The maximum Gasteiger partial charge on any atom is 0.352 e. The summed E-state index contributed by atoms with van der Waals surface area (Å²) in [7, 11) is 0. The first-order valence-electron chi connectivity index (χ1n) is 10.7. The summed E-state index contributed by atoms with van der Waals surface area (Å²) in [4.78, 5) is 75.1. The van der Waals surface area contributed by atoms with E-state index in [9.17, 15) is 44.1 Å². The molecule has 0 saturated carbocycles. The summed E-state index contributed by atoms with van der Waals surface area (Å²) < 4.78 is 0. The number of hydrogen-bond acceptors (Lipinski definition) is 8. The lowest BCUT2D eigenvalue weighted by Gasteiger charge is -2.49. The van der Waals surface area contributed by atoms with Crippen LogP contribution in [0, 0.1) is 0 Å².